The van der Waals surface area contributed by atoms with Crippen LogP contribution < -0.4 is 16.0 Å². The minimum Gasteiger partial charge on any atom is -0.481 e. The van der Waals surface area contributed by atoms with Crippen LogP contribution in [0.2, 0.25) is 0 Å². The molecule has 172 valence electrons. The lowest BCUT2D eigenvalue weighted by atomic mass is 9.97. The number of hydrogen-bond donors (Lipinski definition) is 2. The van der Waals surface area contributed by atoms with Gasteiger partial charge in [0.1, 0.15) is 11.6 Å². The molecule has 0 aliphatic carbocycles. The number of nitrogens with one attached hydrogen (secondary N) is 1. The summed E-state index contributed by atoms with van der Waals surface area (Å²) in [4.78, 5) is 42.4. The molecule has 0 bridgehead atoms. The van der Waals surface area contributed by atoms with Gasteiger partial charge < -0.3 is 25.3 Å². The van der Waals surface area contributed by atoms with Crippen LogP contribution in [0.15, 0.2) is 47.4 Å². The summed E-state index contributed by atoms with van der Waals surface area (Å²) < 4.78 is 19.9. The van der Waals surface area contributed by atoms with E-state index in [2.05, 4.69) is 4.98 Å². The number of nitrogens with two attached hydrogens (primary N) is 1. The van der Waals surface area contributed by atoms with Gasteiger partial charge in [-0.05, 0) is 54.6 Å². The summed E-state index contributed by atoms with van der Waals surface area (Å²) in [5, 5.41) is 1.03. The number of aromatic amines is 1. The predicted molar refractivity (Wildman–Crippen MR) is 123 cm³/mol. The smallest absolute Gasteiger partial charge is 0.314 e. The number of halogens is 1. The standard InChI is InChI=1S/C24H25FN4O4/c1-14-17(4-3-5-21(14)25)20-13-27-22(30)19-12-16(6-7-18(19)20)33-15(2)23(31)28-8-10-29(11-9-28)24(26)32/h3-7,12-13,15H,8-11H2,1-2H3,(H2,26,32)(H,27,30)/t15-/m1/s1. The molecule has 3 amide bonds. The number of hydrogen-bond acceptors (Lipinski definition) is 4. The van der Waals surface area contributed by atoms with Crippen molar-refractivity contribution in [1.82, 2.24) is 14.8 Å². The molecular formula is C24H25FN4O4. The Labute approximate surface area is 189 Å². The molecule has 0 spiro atoms. The highest BCUT2D eigenvalue weighted by Gasteiger charge is 2.27. The highest BCUT2D eigenvalue weighted by Crippen LogP contribution is 2.31. The second-order valence-corrected chi connectivity index (χ2v) is 8.06. The molecule has 1 aliphatic rings. The van der Waals surface area contributed by atoms with Crippen LogP contribution in [-0.4, -0.2) is 59.0 Å². The van der Waals surface area contributed by atoms with Crippen molar-refractivity contribution in [2.24, 2.45) is 5.73 Å². The normalized spacial score (nSPS) is 14.9. The number of aromatic nitrogens is 1. The number of amides is 3. The number of pyridine rings is 1. The minimum absolute atomic E-state index is 0.211. The van der Waals surface area contributed by atoms with Gasteiger partial charge in [0.2, 0.25) is 0 Å². The van der Waals surface area contributed by atoms with Crippen molar-refractivity contribution in [1.29, 1.82) is 0 Å². The van der Waals surface area contributed by atoms with Crippen LogP contribution in [0, 0.1) is 12.7 Å². The number of rotatable bonds is 4. The minimum atomic E-state index is -0.782. The molecule has 33 heavy (non-hydrogen) atoms. The molecule has 3 aromatic rings. The molecule has 1 aliphatic heterocycles. The van der Waals surface area contributed by atoms with Crippen molar-refractivity contribution < 1.29 is 18.7 Å². The number of urea groups is 1. The van der Waals surface area contributed by atoms with E-state index >= 15 is 0 Å². The molecule has 2 heterocycles. The molecule has 8 nitrogen and oxygen atoms in total. The second kappa shape index (κ2) is 8.93. The zero-order valence-corrected chi connectivity index (χ0v) is 18.4. The summed E-state index contributed by atoms with van der Waals surface area (Å²) in [5.74, 6) is -0.161. The third-order valence-corrected chi connectivity index (χ3v) is 5.99. The first-order chi connectivity index (χ1) is 15.8. The van der Waals surface area contributed by atoms with Crippen LogP contribution in [0.3, 0.4) is 0 Å². The molecule has 9 heteroatoms. The van der Waals surface area contributed by atoms with E-state index in [-0.39, 0.29) is 17.3 Å². The van der Waals surface area contributed by atoms with Gasteiger partial charge in [-0.3, -0.25) is 9.59 Å². The fourth-order valence-corrected chi connectivity index (χ4v) is 4.09. The zero-order chi connectivity index (χ0) is 23.7. The number of fused-ring (bicyclic) bond motifs is 1. The van der Waals surface area contributed by atoms with Gasteiger partial charge in [-0.2, -0.15) is 0 Å². The third kappa shape index (κ3) is 4.39. The van der Waals surface area contributed by atoms with E-state index < -0.39 is 12.1 Å². The summed E-state index contributed by atoms with van der Waals surface area (Å²) >= 11 is 0. The monoisotopic (exact) mass is 452 g/mol. The maximum Gasteiger partial charge on any atom is 0.314 e. The first-order valence-electron chi connectivity index (χ1n) is 10.7. The largest absolute Gasteiger partial charge is 0.481 e. The Bertz CT molecular complexity index is 1280. The molecule has 1 fully saturated rings. The van der Waals surface area contributed by atoms with Crippen molar-refractivity contribution in [2.75, 3.05) is 26.2 Å². The molecular weight excluding hydrogens is 427 g/mol. The Hall–Kier alpha value is -3.88. The first kappa shape index (κ1) is 22.3. The number of carbonyl (C=O) groups is 2. The second-order valence-electron chi connectivity index (χ2n) is 8.06. The lowest BCUT2D eigenvalue weighted by molar-refractivity contribution is -0.139. The van der Waals surface area contributed by atoms with Crippen LogP contribution in [0.5, 0.6) is 5.75 Å². The number of H-pyrrole nitrogens is 1. The number of primary amides is 1. The van der Waals surface area contributed by atoms with E-state index in [9.17, 15) is 18.8 Å². The van der Waals surface area contributed by atoms with Gasteiger partial charge in [0.15, 0.2) is 6.10 Å². The molecule has 0 saturated carbocycles. The SMILES string of the molecule is Cc1c(F)cccc1-c1c[nH]c(=O)c2cc(O[C@H](C)C(=O)N3CCN(C(N)=O)CC3)ccc12. The average molecular weight is 452 g/mol. The summed E-state index contributed by atoms with van der Waals surface area (Å²) in [7, 11) is 0. The Balaban J connectivity index is 1.57. The first-order valence-corrected chi connectivity index (χ1v) is 10.7. The van der Waals surface area contributed by atoms with Gasteiger partial charge in [0.05, 0.1) is 5.39 Å². The average Bonchev–Trinajstić information content (AvgIpc) is 2.81. The number of piperazine rings is 1. The van der Waals surface area contributed by atoms with Gasteiger partial charge in [0, 0.05) is 37.9 Å². The van der Waals surface area contributed by atoms with Crippen LogP contribution in [0.1, 0.15) is 12.5 Å². The maximum absolute atomic E-state index is 14.1. The molecule has 2 aromatic carbocycles. The molecule has 1 saturated heterocycles. The molecule has 1 atom stereocenters. The highest BCUT2D eigenvalue weighted by atomic mass is 19.1. The van der Waals surface area contributed by atoms with Gasteiger partial charge >= 0.3 is 6.03 Å². The van der Waals surface area contributed by atoms with E-state index in [0.29, 0.717) is 59.4 Å². The van der Waals surface area contributed by atoms with Crippen LogP contribution in [0.25, 0.3) is 21.9 Å². The molecule has 4 rings (SSSR count). The van der Waals surface area contributed by atoms with Crippen molar-refractivity contribution in [3.05, 3.63) is 64.3 Å². The lowest BCUT2D eigenvalue weighted by Crippen LogP contribution is -2.54. The van der Waals surface area contributed by atoms with Crippen molar-refractivity contribution in [3.63, 3.8) is 0 Å². The van der Waals surface area contributed by atoms with Crippen LogP contribution in [0.4, 0.5) is 9.18 Å². The van der Waals surface area contributed by atoms with Crippen LogP contribution in [-0.2, 0) is 4.79 Å². The fraction of sp³-hybridized carbons (Fsp3) is 0.292. The number of benzene rings is 2. The Kier molecular flexibility index (Phi) is 6.04. The van der Waals surface area contributed by atoms with E-state index in [1.54, 1.807) is 55.3 Å². The van der Waals surface area contributed by atoms with E-state index in [1.807, 2.05) is 0 Å². The third-order valence-electron chi connectivity index (χ3n) is 5.99. The number of carbonyl (C=O) groups excluding carboxylic acids is 2. The molecule has 0 unspecified atom stereocenters. The summed E-state index contributed by atoms with van der Waals surface area (Å²) in [6, 6.07) is 9.33. The fourth-order valence-electron chi connectivity index (χ4n) is 4.09. The molecule has 0 radical (unpaired) electrons. The van der Waals surface area contributed by atoms with Crippen LogP contribution >= 0.6 is 0 Å². The van der Waals surface area contributed by atoms with Gasteiger partial charge in [-0.15, -0.1) is 0 Å². The van der Waals surface area contributed by atoms with E-state index in [0.717, 1.165) is 0 Å². The van der Waals surface area contributed by atoms with Gasteiger partial charge in [-0.25, -0.2) is 9.18 Å². The molecule has 3 N–H and O–H groups in total. The van der Waals surface area contributed by atoms with Crippen molar-refractivity contribution >= 4 is 22.7 Å². The Morgan fingerprint density at radius 2 is 1.76 bits per heavy atom. The topological polar surface area (TPSA) is 109 Å². The van der Waals surface area contributed by atoms with Gasteiger partial charge in [-0.1, -0.05) is 12.1 Å². The number of ether oxygens (including phenoxy) is 1. The summed E-state index contributed by atoms with van der Waals surface area (Å²) in [5.41, 5.74) is 6.84. The van der Waals surface area contributed by atoms with Crippen molar-refractivity contribution in [3.8, 4) is 16.9 Å². The lowest BCUT2D eigenvalue weighted by Gasteiger charge is -2.35. The number of nitrogens with zero attached hydrogens (tertiary/aromatic N) is 2. The van der Waals surface area contributed by atoms with E-state index in [4.69, 9.17) is 10.5 Å². The Morgan fingerprint density at radius 3 is 2.45 bits per heavy atom. The quantitative estimate of drug-likeness (QED) is 0.634. The maximum atomic E-state index is 14.1. The van der Waals surface area contributed by atoms with E-state index in [1.165, 1.54) is 11.0 Å². The zero-order valence-electron chi connectivity index (χ0n) is 18.4. The Morgan fingerprint density at radius 1 is 1.06 bits per heavy atom. The van der Waals surface area contributed by atoms with Gasteiger partial charge in [0.25, 0.3) is 11.5 Å². The van der Waals surface area contributed by atoms with Crippen molar-refractivity contribution in [2.45, 2.75) is 20.0 Å². The summed E-state index contributed by atoms with van der Waals surface area (Å²) in [6.45, 7) is 4.84. The summed E-state index contributed by atoms with van der Waals surface area (Å²) in [6.07, 6.45) is 0.792. The predicted octanol–water partition coefficient (Wildman–Crippen LogP) is 2.63. The molecule has 1 aromatic heterocycles. The highest BCUT2D eigenvalue weighted by molar-refractivity contribution is 5.97.